The van der Waals surface area contributed by atoms with Gasteiger partial charge in [-0.2, -0.15) is 0 Å². The molecule has 1 amide bonds. The van der Waals surface area contributed by atoms with Crippen LogP contribution in [0.5, 0.6) is 0 Å². The van der Waals surface area contributed by atoms with E-state index >= 15 is 0 Å². The first-order valence-corrected chi connectivity index (χ1v) is 7.52. The molecule has 0 unspecified atom stereocenters. The fraction of sp³-hybridized carbons (Fsp3) is 0.533. The third-order valence-corrected chi connectivity index (χ3v) is 4.99. The number of nitrogens with zero attached hydrogens (tertiary/aromatic N) is 1. The topological polar surface area (TPSA) is 20.3 Å². The molecule has 1 aliphatic heterocycles. The molecule has 0 spiro atoms. The van der Waals surface area contributed by atoms with Crippen LogP contribution in [0.15, 0.2) is 18.2 Å². The molecule has 1 aromatic carbocycles. The number of carbonyl (C=O) groups is 1. The predicted octanol–water partition coefficient (Wildman–Crippen LogP) is 3.86. The molecule has 0 saturated carbocycles. The number of aryl methyl sites for hydroxylation is 1. The van der Waals surface area contributed by atoms with Crippen LogP contribution in [0.2, 0.25) is 0 Å². The number of halogens is 1. The lowest BCUT2D eigenvalue weighted by molar-refractivity contribution is 0.0630. The molecule has 0 aliphatic carbocycles. The lowest BCUT2D eigenvalue weighted by atomic mass is 9.82. The van der Waals surface area contributed by atoms with Gasteiger partial charge in [0.25, 0.3) is 5.91 Å². The summed E-state index contributed by atoms with van der Waals surface area (Å²) in [6.07, 6.45) is 2.20. The predicted molar refractivity (Wildman–Crippen MR) is 82.8 cm³/mol. The van der Waals surface area contributed by atoms with Crippen molar-refractivity contribution in [2.24, 2.45) is 5.41 Å². The second-order valence-corrected chi connectivity index (χ2v) is 7.08. The smallest absolute Gasteiger partial charge is 0.253 e. The van der Waals surface area contributed by atoms with E-state index in [1.54, 1.807) is 0 Å². The van der Waals surface area contributed by atoms with Crippen LogP contribution >= 0.6 is 22.6 Å². The van der Waals surface area contributed by atoms with Crippen molar-refractivity contribution in [3.8, 4) is 0 Å². The molecule has 1 saturated heterocycles. The van der Waals surface area contributed by atoms with Gasteiger partial charge in [-0.15, -0.1) is 0 Å². The molecular weight excluding hydrogens is 337 g/mol. The summed E-state index contributed by atoms with van der Waals surface area (Å²) in [7, 11) is 0. The minimum atomic E-state index is 0.184. The summed E-state index contributed by atoms with van der Waals surface area (Å²) in [5.41, 5.74) is 2.44. The van der Waals surface area contributed by atoms with Crippen molar-refractivity contribution in [3.05, 3.63) is 32.9 Å². The largest absolute Gasteiger partial charge is 0.339 e. The zero-order chi connectivity index (χ0) is 13.3. The highest BCUT2D eigenvalue weighted by Crippen LogP contribution is 2.30. The Morgan fingerprint density at radius 3 is 2.44 bits per heavy atom. The van der Waals surface area contributed by atoms with E-state index in [2.05, 4.69) is 43.4 Å². The van der Waals surface area contributed by atoms with Gasteiger partial charge in [-0.25, -0.2) is 0 Å². The highest BCUT2D eigenvalue weighted by Gasteiger charge is 2.28. The summed E-state index contributed by atoms with van der Waals surface area (Å²) in [6, 6.07) is 5.97. The molecule has 1 aromatic rings. The quantitative estimate of drug-likeness (QED) is 0.699. The van der Waals surface area contributed by atoms with E-state index in [0.29, 0.717) is 5.41 Å². The number of hydrogen-bond acceptors (Lipinski definition) is 1. The highest BCUT2D eigenvalue weighted by molar-refractivity contribution is 14.1. The molecule has 0 atom stereocenters. The van der Waals surface area contributed by atoms with Crippen LogP contribution in [0, 0.1) is 15.9 Å². The minimum Gasteiger partial charge on any atom is -0.339 e. The second kappa shape index (κ2) is 5.19. The van der Waals surface area contributed by atoms with E-state index in [-0.39, 0.29) is 5.91 Å². The number of amides is 1. The highest BCUT2D eigenvalue weighted by atomic mass is 127. The monoisotopic (exact) mass is 357 g/mol. The maximum Gasteiger partial charge on any atom is 0.253 e. The molecule has 0 aromatic heterocycles. The van der Waals surface area contributed by atoms with E-state index in [1.165, 1.54) is 5.56 Å². The molecule has 3 heteroatoms. The Balaban J connectivity index is 2.10. The average molecular weight is 357 g/mol. The molecule has 1 fully saturated rings. The summed E-state index contributed by atoms with van der Waals surface area (Å²) < 4.78 is 1.16. The van der Waals surface area contributed by atoms with Gasteiger partial charge in [-0.05, 0) is 65.5 Å². The summed E-state index contributed by atoms with van der Waals surface area (Å²) in [4.78, 5) is 14.4. The Labute approximate surface area is 123 Å². The van der Waals surface area contributed by atoms with Crippen molar-refractivity contribution in [2.75, 3.05) is 13.1 Å². The minimum absolute atomic E-state index is 0.184. The van der Waals surface area contributed by atoms with Crippen LogP contribution in [-0.4, -0.2) is 23.9 Å². The number of benzene rings is 1. The van der Waals surface area contributed by atoms with Gasteiger partial charge in [0, 0.05) is 22.2 Å². The van der Waals surface area contributed by atoms with Gasteiger partial charge in [0.15, 0.2) is 0 Å². The lowest BCUT2D eigenvalue weighted by Crippen LogP contribution is -2.41. The summed E-state index contributed by atoms with van der Waals surface area (Å²) in [6.45, 7) is 8.40. The molecule has 98 valence electrons. The Hall–Kier alpha value is -0.580. The molecule has 1 aliphatic rings. The van der Waals surface area contributed by atoms with Crippen LogP contribution in [0.1, 0.15) is 42.6 Å². The molecule has 2 nitrogen and oxygen atoms in total. The third-order valence-electron chi connectivity index (χ3n) is 3.82. The SMILES string of the molecule is Cc1ccc(C(=O)N2CCC(C)(C)CC2)cc1I. The van der Waals surface area contributed by atoms with Crippen molar-refractivity contribution in [1.29, 1.82) is 0 Å². The zero-order valence-electron chi connectivity index (χ0n) is 11.3. The third kappa shape index (κ3) is 3.05. The van der Waals surface area contributed by atoms with E-state index < -0.39 is 0 Å². The summed E-state index contributed by atoms with van der Waals surface area (Å²) in [5.74, 6) is 0.184. The van der Waals surface area contributed by atoms with Crippen LogP contribution in [0.25, 0.3) is 0 Å². The van der Waals surface area contributed by atoms with Crippen LogP contribution in [0.4, 0.5) is 0 Å². The van der Waals surface area contributed by atoms with Crippen molar-refractivity contribution in [3.63, 3.8) is 0 Å². The first kappa shape index (κ1) is 13.8. The normalized spacial score (nSPS) is 18.8. The van der Waals surface area contributed by atoms with Gasteiger partial charge in [-0.3, -0.25) is 4.79 Å². The molecule has 2 rings (SSSR count). The molecule has 0 bridgehead atoms. The van der Waals surface area contributed by atoms with Gasteiger partial charge in [0.05, 0.1) is 0 Å². The lowest BCUT2D eigenvalue weighted by Gasteiger charge is -2.37. The van der Waals surface area contributed by atoms with Gasteiger partial charge >= 0.3 is 0 Å². The summed E-state index contributed by atoms with van der Waals surface area (Å²) >= 11 is 2.29. The van der Waals surface area contributed by atoms with Crippen LogP contribution < -0.4 is 0 Å². The fourth-order valence-corrected chi connectivity index (χ4v) is 2.74. The first-order chi connectivity index (χ1) is 8.39. The average Bonchev–Trinajstić information content (AvgIpc) is 2.32. The Bertz CT molecular complexity index is 458. The number of rotatable bonds is 1. The number of piperidine rings is 1. The van der Waals surface area contributed by atoms with Crippen molar-refractivity contribution >= 4 is 28.5 Å². The van der Waals surface area contributed by atoms with Gasteiger partial charge < -0.3 is 4.90 Å². The molecule has 0 radical (unpaired) electrons. The van der Waals surface area contributed by atoms with Gasteiger partial charge in [0.2, 0.25) is 0 Å². The van der Waals surface area contributed by atoms with Crippen LogP contribution in [0.3, 0.4) is 0 Å². The van der Waals surface area contributed by atoms with E-state index in [1.807, 2.05) is 23.1 Å². The van der Waals surface area contributed by atoms with Gasteiger partial charge in [0.1, 0.15) is 0 Å². The first-order valence-electron chi connectivity index (χ1n) is 6.44. The number of carbonyl (C=O) groups excluding carboxylic acids is 1. The van der Waals surface area contributed by atoms with E-state index in [9.17, 15) is 4.79 Å². The Morgan fingerprint density at radius 1 is 1.28 bits per heavy atom. The molecule has 1 heterocycles. The standard InChI is InChI=1S/C15H20INO/c1-11-4-5-12(10-13(11)16)14(18)17-8-6-15(2,3)7-9-17/h4-5,10H,6-9H2,1-3H3. The molecular formula is C15H20INO. The van der Waals surface area contributed by atoms with Crippen LogP contribution in [-0.2, 0) is 0 Å². The van der Waals surface area contributed by atoms with Crippen molar-refractivity contribution in [2.45, 2.75) is 33.6 Å². The molecule has 0 N–H and O–H groups in total. The zero-order valence-corrected chi connectivity index (χ0v) is 13.5. The van der Waals surface area contributed by atoms with Crippen molar-refractivity contribution in [1.82, 2.24) is 4.90 Å². The maximum atomic E-state index is 12.4. The Kier molecular flexibility index (Phi) is 3.99. The van der Waals surface area contributed by atoms with Gasteiger partial charge in [-0.1, -0.05) is 19.9 Å². The fourth-order valence-electron chi connectivity index (χ4n) is 2.22. The number of likely N-dealkylation sites (tertiary alicyclic amines) is 1. The molecule has 18 heavy (non-hydrogen) atoms. The Morgan fingerprint density at radius 2 is 1.89 bits per heavy atom. The van der Waals surface area contributed by atoms with E-state index in [4.69, 9.17) is 0 Å². The number of hydrogen-bond donors (Lipinski definition) is 0. The maximum absolute atomic E-state index is 12.4. The van der Waals surface area contributed by atoms with E-state index in [0.717, 1.165) is 35.1 Å². The second-order valence-electron chi connectivity index (χ2n) is 5.92. The summed E-state index contributed by atoms with van der Waals surface area (Å²) in [5, 5.41) is 0. The van der Waals surface area contributed by atoms with Crippen molar-refractivity contribution < 1.29 is 4.79 Å².